The van der Waals surface area contributed by atoms with E-state index in [0.29, 0.717) is 18.8 Å². The van der Waals surface area contributed by atoms with Crippen LogP contribution in [0.1, 0.15) is 37.3 Å². The molecular weight excluding hydrogens is 338 g/mol. The van der Waals surface area contributed by atoms with Crippen LogP contribution in [0.4, 0.5) is 5.82 Å². The highest BCUT2D eigenvalue weighted by atomic mass is 16.1. The average Bonchev–Trinajstić information content (AvgIpc) is 3.17. The van der Waals surface area contributed by atoms with Gasteiger partial charge in [-0.3, -0.25) is 4.79 Å². The summed E-state index contributed by atoms with van der Waals surface area (Å²) in [6.45, 7) is 1.81. The molecule has 4 rings (SSSR count). The van der Waals surface area contributed by atoms with Gasteiger partial charge < -0.3 is 15.6 Å². The predicted octanol–water partition coefficient (Wildman–Crippen LogP) is 3.22. The molecule has 1 unspecified atom stereocenters. The first-order valence-corrected chi connectivity index (χ1v) is 9.56. The number of hydrogen-bond acceptors (Lipinski definition) is 5. The number of Topliss-reactive ketones (excluding diaryl/α,β-unsaturated/α-hetero) is 1. The summed E-state index contributed by atoms with van der Waals surface area (Å²) in [4.78, 5) is 26.8. The number of anilines is 1. The first kappa shape index (κ1) is 17.7. The fraction of sp³-hybridized carbons (Fsp3) is 0.381. The van der Waals surface area contributed by atoms with Crippen LogP contribution in [0.25, 0.3) is 11.0 Å². The number of carbonyl (C=O) groups is 1. The van der Waals surface area contributed by atoms with E-state index in [1.165, 1.54) is 0 Å². The Bertz CT molecular complexity index is 907. The minimum Gasteiger partial charge on any atom is -0.356 e. The topological polar surface area (TPSA) is 87.9 Å². The zero-order chi connectivity index (χ0) is 18.6. The first-order valence-electron chi connectivity index (χ1n) is 9.56. The summed E-state index contributed by atoms with van der Waals surface area (Å²) in [5.41, 5.74) is 8.09. The molecule has 0 bridgehead atoms. The Labute approximate surface area is 158 Å². The van der Waals surface area contributed by atoms with Gasteiger partial charge in [0.1, 0.15) is 23.6 Å². The van der Waals surface area contributed by atoms with Crippen molar-refractivity contribution in [1.82, 2.24) is 15.0 Å². The first-order chi connectivity index (χ1) is 13.2. The number of nitrogens with two attached hydrogens (primary N) is 1. The lowest BCUT2D eigenvalue weighted by Crippen LogP contribution is -2.37. The SMILES string of the molecule is N[C@@H](CC(=O)CC1CCCN(c2ncnc3[nH]ccc23)C1)c1ccccc1. The molecule has 0 amide bonds. The van der Waals surface area contributed by atoms with E-state index >= 15 is 0 Å². The van der Waals surface area contributed by atoms with Crippen LogP contribution in [0.15, 0.2) is 48.9 Å². The van der Waals surface area contributed by atoms with E-state index in [0.717, 1.165) is 48.3 Å². The van der Waals surface area contributed by atoms with Crippen LogP contribution in [-0.4, -0.2) is 33.8 Å². The average molecular weight is 363 g/mol. The zero-order valence-corrected chi connectivity index (χ0v) is 15.3. The minimum absolute atomic E-state index is 0.222. The minimum atomic E-state index is -0.222. The van der Waals surface area contributed by atoms with E-state index in [2.05, 4.69) is 19.9 Å². The Morgan fingerprint density at radius 2 is 2.11 bits per heavy atom. The van der Waals surface area contributed by atoms with Crippen molar-refractivity contribution in [3.8, 4) is 0 Å². The number of fused-ring (bicyclic) bond motifs is 1. The van der Waals surface area contributed by atoms with E-state index in [1.807, 2.05) is 42.6 Å². The van der Waals surface area contributed by atoms with Crippen LogP contribution in [-0.2, 0) is 4.79 Å². The molecule has 2 aromatic heterocycles. The summed E-state index contributed by atoms with van der Waals surface area (Å²) >= 11 is 0. The number of piperidine rings is 1. The van der Waals surface area contributed by atoms with Crippen molar-refractivity contribution in [3.05, 3.63) is 54.5 Å². The molecule has 2 atom stereocenters. The van der Waals surface area contributed by atoms with Gasteiger partial charge in [-0.05, 0) is 30.4 Å². The largest absolute Gasteiger partial charge is 0.356 e. The van der Waals surface area contributed by atoms with E-state index in [9.17, 15) is 4.79 Å². The second-order valence-electron chi connectivity index (χ2n) is 7.36. The zero-order valence-electron chi connectivity index (χ0n) is 15.3. The van der Waals surface area contributed by atoms with Gasteiger partial charge in [-0.25, -0.2) is 9.97 Å². The molecule has 3 heterocycles. The lowest BCUT2D eigenvalue weighted by molar-refractivity contribution is -0.120. The summed E-state index contributed by atoms with van der Waals surface area (Å²) < 4.78 is 0. The molecule has 1 aromatic carbocycles. The molecule has 6 nitrogen and oxygen atoms in total. The molecule has 27 heavy (non-hydrogen) atoms. The maximum atomic E-state index is 12.6. The number of carbonyl (C=O) groups excluding carboxylic acids is 1. The summed E-state index contributed by atoms with van der Waals surface area (Å²) in [6.07, 6.45) is 6.61. The lowest BCUT2D eigenvalue weighted by Gasteiger charge is -2.33. The van der Waals surface area contributed by atoms with Crippen molar-refractivity contribution in [3.63, 3.8) is 0 Å². The Balaban J connectivity index is 1.38. The fourth-order valence-corrected chi connectivity index (χ4v) is 4.00. The number of aromatic amines is 1. The molecule has 1 aliphatic heterocycles. The highest BCUT2D eigenvalue weighted by Gasteiger charge is 2.25. The standard InChI is InChI=1S/C21H25N5O/c22-19(16-6-2-1-3-7-16)12-17(27)11-15-5-4-10-26(13-15)21-18-8-9-23-20(18)24-14-25-21/h1-3,6-9,14-15,19H,4-5,10-13,22H2,(H,23,24,25)/t15?,19-/m0/s1. The molecule has 0 radical (unpaired) electrons. The summed E-state index contributed by atoms with van der Waals surface area (Å²) in [6, 6.07) is 11.6. The quantitative estimate of drug-likeness (QED) is 0.702. The normalized spacial score (nSPS) is 18.6. The molecule has 3 N–H and O–H groups in total. The smallest absolute Gasteiger partial charge is 0.142 e. The van der Waals surface area contributed by atoms with Crippen molar-refractivity contribution in [2.45, 2.75) is 31.7 Å². The molecular formula is C21H25N5O. The number of hydrogen-bond donors (Lipinski definition) is 2. The molecule has 0 saturated carbocycles. The van der Waals surface area contributed by atoms with Crippen LogP contribution in [0.2, 0.25) is 0 Å². The van der Waals surface area contributed by atoms with Gasteiger partial charge in [0, 0.05) is 38.2 Å². The van der Waals surface area contributed by atoms with Crippen LogP contribution in [0, 0.1) is 5.92 Å². The van der Waals surface area contributed by atoms with Gasteiger partial charge in [0.15, 0.2) is 0 Å². The van der Waals surface area contributed by atoms with Crippen molar-refractivity contribution < 1.29 is 4.79 Å². The van der Waals surface area contributed by atoms with Crippen LogP contribution in [0.5, 0.6) is 0 Å². The Morgan fingerprint density at radius 3 is 2.96 bits per heavy atom. The summed E-state index contributed by atoms with van der Waals surface area (Å²) in [5.74, 6) is 1.55. The van der Waals surface area contributed by atoms with Crippen molar-refractivity contribution in [1.29, 1.82) is 0 Å². The van der Waals surface area contributed by atoms with Crippen LogP contribution in [0.3, 0.4) is 0 Å². The Hall–Kier alpha value is -2.73. The highest BCUT2D eigenvalue weighted by molar-refractivity contribution is 5.87. The number of ketones is 1. The highest BCUT2D eigenvalue weighted by Crippen LogP contribution is 2.29. The van der Waals surface area contributed by atoms with E-state index < -0.39 is 0 Å². The molecule has 1 fully saturated rings. The van der Waals surface area contributed by atoms with Gasteiger partial charge in [0.2, 0.25) is 0 Å². The lowest BCUT2D eigenvalue weighted by atomic mass is 9.90. The van der Waals surface area contributed by atoms with Gasteiger partial charge >= 0.3 is 0 Å². The number of aromatic nitrogens is 3. The van der Waals surface area contributed by atoms with Crippen molar-refractivity contribution >= 4 is 22.6 Å². The number of nitrogens with one attached hydrogen (secondary N) is 1. The summed E-state index contributed by atoms with van der Waals surface area (Å²) in [5, 5.41) is 1.04. The predicted molar refractivity (Wildman–Crippen MR) is 106 cm³/mol. The molecule has 1 saturated heterocycles. The van der Waals surface area contributed by atoms with Crippen LogP contribution >= 0.6 is 0 Å². The third-order valence-electron chi connectivity index (χ3n) is 5.34. The van der Waals surface area contributed by atoms with Gasteiger partial charge in [0.05, 0.1) is 5.39 Å². The molecule has 3 aromatic rings. The Morgan fingerprint density at radius 1 is 1.26 bits per heavy atom. The number of rotatable bonds is 6. The van der Waals surface area contributed by atoms with Gasteiger partial charge in [0.25, 0.3) is 0 Å². The molecule has 1 aliphatic rings. The van der Waals surface area contributed by atoms with Crippen molar-refractivity contribution in [2.24, 2.45) is 11.7 Å². The van der Waals surface area contributed by atoms with Crippen LogP contribution < -0.4 is 10.6 Å². The third-order valence-corrected chi connectivity index (χ3v) is 5.34. The Kier molecular flexibility index (Phi) is 5.16. The molecule has 6 heteroatoms. The summed E-state index contributed by atoms with van der Waals surface area (Å²) in [7, 11) is 0. The molecule has 0 aliphatic carbocycles. The number of H-pyrrole nitrogens is 1. The van der Waals surface area contributed by atoms with E-state index in [1.54, 1.807) is 6.33 Å². The maximum Gasteiger partial charge on any atom is 0.142 e. The molecule has 140 valence electrons. The maximum absolute atomic E-state index is 12.6. The van der Waals surface area contributed by atoms with Gasteiger partial charge in [-0.2, -0.15) is 0 Å². The molecule has 0 spiro atoms. The van der Waals surface area contributed by atoms with Gasteiger partial charge in [-0.15, -0.1) is 0 Å². The van der Waals surface area contributed by atoms with E-state index in [-0.39, 0.29) is 11.8 Å². The monoisotopic (exact) mass is 363 g/mol. The third kappa shape index (κ3) is 4.01. The second-order valence-corrected chi connectivity index (χ2v) is 7.36. The number of benzene rings is 1. The van der Waals surface area contributed by atoms with Crippen molar-refractivity contribution in [2.75, 3.05) is 18.0 Å². The van der Waals surface area contributed by atoms with Gasteiger partial charge in [-0.1, -0.05) is 30.3 Å². The second kappa shape index (κ2) is 7.88. The van der Waals surface area contributed by atoms with E-state index in [4.69, 9.17) is 5.73 Å². The fourth-order valence-electron chi connectivity index (χ4n) is 4.00. The number of nitrogens with zero attached hydrogens (tertiary/aromatic N) is 3.